The van der Waals surface area contributed by atoms with Crippen molar-refractivity contribution in [2.24, 2.45) is 0 Å². The Bertz CT molecular complexity index is 597. The van der Waals surface area contributed by atoms with Crippen LogP contribution in [0.15, 0.2) is 18.2 Å². The Labute approximate surface area is 131 Å². The molecule has 120 valence electrons. The molecule has 0 aliphatic heterocycles. The summed E-state index contributed by atoms with van der Waals surface area (Å²) in [5, 5.41) is 2.75. The SMILES string of the molecule is COc1ccc(C2(C(C)=O)CC2)c(NC(=O)OC(C)(C)C)c1. The van der Waals surface area contributed by atoms with Gasteiger partial charge < -0.3 is 9.47 Å². The molecule has 0 saturated heterocycles. The van der Waals surface area contributed by atoms with Crippen molar-refractivity contribution in [3.63, 3.8) is 0 Å². The minimum Gasteiger partial charge on any atom is -0.497 e. The number of hydrogen-bond donors (Lipinski definition) is 1. The van der Waals surface area contributed by atoms with Gasteiger partial charge in [-0.05, 0) is 52.2 Å². The number of methoxy groups -OCH3 is 1. The standard InChI is InChI=1S/C17H23NO4/c1-11(19)17(8-9-17)13-7-6-12(21-5)10-14(13)18-15(20)22-16(2,3)4/h6-7,10H,8-9H2,1-5H3,(H,18,20). The molecule has 0 unspecified atom stereocenters. The fourth-order valence-electron chi connectivity index (χ4n) is 2.52. The lowest BCUT2D eigenvalue weighted by molar-refractivity contribution is -0.119. The summed E-state index contributed by atoms with van der Waals surface area (Å²) in [4.78, 5) is 24.0. The van der Waals surface area contributed by atoms with E-state index in [2.05, 4.69) is 5.32 Å². The Hall–Kier alpha value is -2.04. The molecule has 1 amide bonds. The van der Waals surface area contributed by atoms with Crippen LogP contribution in [0, 0.1) is 0 Å². The first-order valence-electron chi connectivity index (χ1n) is 7.37. The lowest BCUT2D eigenvalue weighted by Gasteiger charge is -2.22. The maximum absolute atomic E-state index is 12.0. The average Bonchev–Trinajstić information content (AvgIpc) is 3.17. The number of benzene rings is 1. The fraction of sp³-hybridized carbons (Fsp3) is 0.529. The van der Waals surface area contributed by atoms with Crippen molar-refractivity contribution in [2.45, 2.75) is 51.6 Å². The Morgan fingerprint density at radius 3 is 2.32 bits per heavy atom. The van der Waals surface area contributed by atoms with Crippen LogP contribution in [-0.2, 0) is 14.9 Å². The summed E-state index contributed by atoms with van der Waals surface area (Å²) in [7, 11) is 1.56. The molecule has 2 rings (SSSR count). The molecule has 0 atom stereocenters. The molecule has 0 heterocycles. The first kappa shape index (κ1) is 16.3. The summed E-state index contributed by atoms with van der Waals surface area (Å²) >= 11 is 0. The third kappa shape index (κ3) is 3.40. The predicted octanol–water partition coefficient (Wildman–Crippen LogP) is 3.66. The van der Waals surface area contributed by atoms with Crippen molar-refractivity contribution in [3.8, 4) is 5.75 Å². The second-order valence-corrected chi connectivity index (χ2v) is 6.68. The molecule has 5 heteroatoms. The fourth-order valence-corrected chi connectivity index (χ4v) is 2.52. The zero-order chi connectivity index (χ0) is 16.5. The first-order valence-corrected chi connectivity index (χ1v) is 7.37. The number of carbonyl (C=O) groups is 2. The minimum absolute atomic E-state index is 0.116. The first-order chi connectivity index (χ1) is 10.2. The number of rotatable bonds is 4. The zero-order valence-electron chi connectivity index (χ0n) is 13.8. The number of carbonyl (C=O) groups excluding carboxylic acids is 2. The second-order valence-electron chi connectivity index (χ2n) is 6.68. The Morgan fingerprint density at radius 1 is 1.23 bits per heavy atom. The van der Waals surface area contributed by atoms with Crippen LogP contribution in [0.4, 0.5) is 10.5 Å². The van der Waals surface area contributed by atoms with Crippen LogP contribution in [0.1, 0.15) is 46.1 Å². The Balaban J connectivity index is 2.32. The zero-order valence-corrected chi connectivity index (χ0v) is 13.8. The highest BCUT2D eigenvalue weighted by Crippen LogP contribution is 2.51. The van der Waals surface area contributed by atoms with Gasteiger partial charge in [0.15, 0.2) is 0 Å². The molecule has 22 heavy (non-hydrogen) atoms. The highest BCUT2D eigenvalue weighted by Gasteiger charge is 2.50. The van der Waals surface area contributed by atoms with Gasteiger partial charge in [0.2, 0.25) is 0 Å². The van der Waals surface area contributed by atoms with Crippen LogP contribution in [0.25, 0.3) is 0 Å². The molecule has 5 nitrogen and oxygen atoms in total. The molecule has 1 N–H and O–H groups in total. The highest BCUT2D eigenvalue weighted by molar-refractivity contribution is 5.95. The summed E-state index contributed by atoms with van der Waals surface area (Å²) < 4.78 is 10.5. The van der Waals surface area contributed by atoms with Crippen molar-refractivity contribution < 1.29 is 19.1 Å². The van der Waals surface area contributed by atoms with Gasteiger partial charge in [-0.3, -0.25) is 10.1 Å². The van der Waals surface area contributed by atoms with E-state index in [1.165, 1.54) is 0 Å². The normalized spacial score (nSPS) is 15.9. The van der Waals surface area contributed by atoms with E-state index in [1.807, 2.05) is 6.07 Å². The van der Waals surface area contributed by atoms with Crippen molar-refractivity contribution in [2.75, 3.05) is 12.4 Å². The summed E-state index contributed by atoms with van der Waals surface area (Å²) in [5.41, 5.74) is 0.338. The number of nitrogens with one attached hydrogen (secondary N) is 1. The molecule has 1 aliphatic carbocycles. The minimum atomic E-state index is -0.582. The molecular formula is C17H23NO4. The van der Waals surface area contributed by atoms with Gasteiger partial charge in [0.1, 0.15) is 17.1 Å². The summed E-state index contributed by atoms with van der Waals surface area (Å²) in [6.07, 6.45) is 1.07. The summed E-state index contributed by atoms with van der Waals surface area (Å²) in [6.45, 7) is 7.00. The Morgan fingerprint density at radius 2 is 1.86 bits per heavy atom. The van der Waals surface area contributed by atoms with Gasteiger partial charge in [-0.1, -0.05) is 6.07 Å². The van der Waals surface area contributed by atoms with Crippen LogP contribution in [0.2, 0.25) is 0 Å². The van der Waals surface area contributed by atoms with Crippen molar-refractivity contribution in [1.82, 2.24) is 0 Å². The van der Waals surface area contributed by atoms with Gasteiger partial charge in [0, 0.05) is 6.07 Å². The third-order valence-corrected chi connectivity index (χ3v) is 3.80. The molecule has 1 aromatic carbocycles. The number of hydrogen-bond acceptors (Lipinski definition) is 4. The quantitative estimate of drug-likeness (QED) is 0.922. The lowest BCUT2D eigenvalue weighted by Crippen LogP contribution is -2.28. The lowest BCUT2D eigenvalue weighted by atomic mass is 9.90. The second kappa shape index (κ2) is 5.63. The van der Waals surface area contributed by atoms with Crippen LogP contribution in [0.5, 0.6) is 5.75 Å². The maximum Gasteiger partial charge on any atom is 0.412 e. The largest absolute Gasteiger partial charge is 0.497 e. The van der Waals surface area contributed by atoms with Gasteiger partial charge in [0.25, 0.3) is 0 Å². The third-order valence-electron chi connectivity index (χ3n) is 3.80. The van der Waals surface area contributed by atoms with E-state index >= 15 is 0 Å². The van der Waals surface area contributed by atoms with E-state index in [4.69, 9.17) is 9.47 Å². The van der Waals surface area contributed by atoms with Crippen molar-refractivity contribution in [3.05, 3.63) is 23.8 Å². The van der Waals surface area contributed by atoms with Crippen LogP contribution < -0.4 is 10.1 Å². The van der Waals surface area contributed by atoms with E-state index in [0.29, 0.717) is 11.4 Å². The molecule has 0 radical (unpaired) electrons. The number of anilines is 1. The molecule has 0 aromatic heterocycles. The smallest absolute Gasteiger partial charge is 0.412 e. The molecule has 1 fully saturated rings. The average molecular weight is 305 g/mol. The molecule has 1 aromatic rings. The topological polar surface area (TPSA) is 64.6 Å². The van der Waals surface area contributed by atoms with E-state index in [0.717, 1.165) is 18.4 Å². The number of ketones is 1. The van der Waals surface area contributed by atoms with Crippen molar-refractivity contribution in [1.29, 1.82) is 0 Å². The Kier molecular flexibility index (Phi) is 4.18. The van der Waals surface area contributed by atoms with E-state index < -0.39 is 17.1 Å². The van der Waals surface area contributed by atoms with Gasteiger partial charge in [-0.2, -0.15) is 0 Å². The molecule has 1 saturated carbocycles. The van der Waals surface area contributed by atoms with Gasteiger partial charge >= 0.3 is 6.09 Å². The molecule has 1 aliphatic rings. The van der Waals surface area contributed by atoms with E-state index in [1.54, 1.807) is 46.9 Å². The van der Waals surface area contributed by atoms with Crippen molar-refractivity contribution >= 4 is 17.6 Å². The van der Waals surface area contributed by atoms with Gasteiger partial charge in [-0.15, -0.1) is 0 Å². The number of amides is 1. The van der Waals surface area contributed by atoms with Crippen LogP contribution >= 0.6 is 0 Å². The van der Waals surface area contributed by atoms with Gasteiger partial charge in [0.05, 0.1) is 18.2 Å². The highest BCUT2D eigenvalue weighted by atomic mass is 16.6. The van der Waals surface area contributed by atoms with Crippen LogP contribution in [0.3, 0.4) is 0 Å². The van der Waals surface area contributed by atoms with E-state index in [9.17, 15) is 9.59 Å². The molecular weight excluding hydrogens is 282 g/mol. The summed E-state index contributed by atoms with van der Waals surface area (Å²) in [5.74, 6) is 0.735. The van der Waals surface area contributed by atoms with Gasteiger partial charge in [-0.25, -0.2) is 4.79 Å². The molecule has 0 bridgehead atoms. The number of ether oxygens (including phenoxy) is 2. The van der Waals surface area contributed by atoms with E-state index in [-0.39, 0.29) is 5.78 Å². The predicted molar refractivity (Wildman–Crippen MR) is 84.4 cm³/mol. The monoisotopic (exact) mass is 305 g/mol. The maximum atomic E-state index is 12.0. The summed E-state index contributed by atoms with van der Waals surface area (Å²) in [6, 6.07) is 5.38. The molecule has 0 spiro atoms. The number of Topliss-reactive ketones (excluding diaryl/α,β-unsaturated/α-hetero) is 1. The van der Waals surface area contributed by atoms with Crippen LogP contribution in [-0.4, -0.2) is 24.6 Å².